The highest BCUT2D eigenvalue weighted by Gasteiger charge is 2.19. The van der Waals surface area contributed by atoms with Gasteiger partial charge < -0.3 is 4.42 Å². The summed E-state index contributed by atoms with van der Waals surface area (Å²) in [6.45, 7) is 0. The monoisotopic (exact) mass is 448 g/mol. The Morgan fingerprint density at radius 2 is 1.41 bits per heavy atom. The number of benzene rings is 3. The largest absolute Gasteiger partial charge is 0.423 e. The van der Waals surface area contributed by atoms with E-state index >= 15 is 0 Å². The van der Waals surface area contributed by atoms with Crippen LogP contribution in [0.2, 0.25) is 0 Å². The normalized spacial score (nSPS) is 11.8. The maximum absolute atomic E-state index is 14.2. The van der Waals surface area contributed by atoms with E-state index in [4.69, 9.17) is 14.4 Å². The molecule has 0 atom stereocenters. The summed E-state index contributed by atoms with van der Waals surface area (Å²) in [5.41, 5.74) is 5.58. The van der Waals surface area contributed by atoms with Gasteiger partial charge in [-0.25, -0.2) is 9.38 Å². The van der Waals surface area contributed by atoms with Gasteiger partial charge in [-0.05, 0) is 29.8 Å². The van der Waals surface area contributed by atoms with Crippen LogP contribution in [-0.4, -0.2) is 19.4 Å². The topological polar surface area (TPSA) is 56.2 Å². The van der Waals surface area contributed by atoms with Gasteiger partial charge in [-0.2, -0.15) is 18.7 Å². The highest BCUT2D eigenvalue weighted by Crippen LogP contribution is 2.35. The lowest BCUT2D eigenvalue weighted by molar-refractivity contribution is 0.515. The molecule has 0 saturated carbocycles. The molecule has 0 fully saturated rings. The van der Waals surface area contributed by atoms with Crippen molar-refractivity contribution in [3.05, 3.63) is 96.8 Å². The van der Waals surface area contributed by atoms with Crippen LogP contribution in [0.1, 0.15) is 0 Å². The van der Waals surface area contributed by atoms with E-state index in [0.29, 0.717) is 17.1 Å². The van der Waals surface area contributed by atoms with E-state index in [9.17, 15) is 8.78 Å². The summed E-state index contributed by atoms with van der Waals surface area (Å²) in [6, 6.07) is 25.6. The van der Waals surface area contributed by atoms with Crippen molar-refractivity contribution in [2.45, 2.75) is 0 Å². The second kappa shape index (κ2) is 6.92. The number of hydrogen-bond donors (Lipinski definition) is 0. The van der Waals surface area contributed by atoms with Gasteiger partial charge in [-0.15, -0.1) is 0 Å². The van der Waals surface area contributed by atoms with Crippen molar-refractivity contribution in [3.63, 3.8) is 0 Å². The first kappa shape index (κ1) is 18.9. The molecule has 7 heteroatoms. The quantitative estimate of drug-likeness (QED) is 0.273. The van der Waals surface area contributed by atoms with Crippen LogP contribution in [0.15, 0.2) is 89.3 Å². The summed E-state index contributed by atoms with van der Waals surface area (Å²) in [4.78, 5) is 13.0. The molecule has 0 radical (unpaired) electrons. The molecule has 0 aliphatic heterocycles. The summed E-state index contributed by atoms with van der Waals surface area (Å²) in [5.74, 6) is -1.20. The second-order valence-electron chi connectivity index (χ2n) is 8.03. The lowest BCUT2D eigenvalue weighted by Crippen LogP contribution is -1.93. The predicted molar refractivity (Wildman–Crippen MR) is 126 cm³/mol. The Morgan fingerprint density at radius 1 is 0.676 bits per heavy atom. The van der Waals surface area contributed by atoms with E-state index in [1.807, 2.05) is 65.1 Å². The van der Waals surface area contributed by atoms with Crippen LogP contribution < -0.4 is 0 Å². The molecule has 4 aromatic heterocycles. The molecule has 0 N–H and O–H groups in total. The number of imidazole rings is 1. The van der Waals surface area contributed by atoms with E-state index in [1.54, 1.807) is 12.1 Å². The molecule has 3 aromatic carbocycles. The fraction of sp³-hybridized carbons (Fsp3) is 0. The molecule has 162 valence electrons. The van der Waals surface area contributed by atoms with Gasteiger partial charge in [0.2, 0.25) is 11.9 Å². The van der Waals surface area contributed by atoms with Crippen LogP contribution in [0.25, 0.3) is 61.3 Å². The number of halogens is 2. The first-order valence-corrected chi connectivity index (χ1v) is 10.7. The maximum atomic E-state index is 14.2. The Bertz CT molecular complexity index is 1890. The number of nitrogens with zero attached hydrogens (tertiary/aromatic N) is 4. The first-order chi connectivity index (χ1) is 16.7. The molecule has 0 amide bonds. The summed E-state index contributed by atoms with van der Waals surface area (Å²) >= 11 is 0. The highest BCUT2D eigenvalue weighted by molar-refractivity contribution is 6.10. The number of pyridine rings is 2. The number of aromatic nitrogens is 4. The lowest BCUT2D eigenvalue weighted by atomic mass is 10.00. The van der Waals surface area contributed by atoms with Crippen molar-refractivity contribution < 1.29 is 13.2 Å². The van der Waals surface area contributed by atoms with E-state index in [2.05, 4.69) is 4.98 Å². The second-order valence-corrected chi connectivity index (χ2v) is 8.03. The van der Waals surface area contributed by atoms with Crippen molar-refractivity contribution in [2.24, 2.45) is 0 Å². The van der Waals surface area contributed by atoms with Crippen molar-refractivity contribution in [1.29, 1.82) is 0 Å². The number of hydrogen-bond acceptors (Lipinski definition) is 4. The third-order valence-electron chi connectivity index (χ3n) is 6.07. The van der Waals surface area contributed by atoms with Crippen molar-refractivity contribution >= 4 is 38.9 Å². The number of fused-ring (bicyclic) bond motifs is 7. The van der Waals surface area contributed by atoms with Crippen LogP contribution in [0.5, 0.6) is 0 Å². The Balaban J connectivity index is 1.48. The molecule has 0 unspecified atom stereocenters. The molecule has 0 saturated heterocycles. The minimum Gasteiger partial charge on any atom is -0.423 e. The Morgan fingerprint density at radius 3 is 2.24 bits per heavy atom. The standard InChI is InChI=1S/C27H14F2N4O/c28-22-14-13-17(25(29)30-22)15-9-11-16(12-10-15)23-18-5-1-2-6-19(18)24-26(31-23)33-20-7-3-4-8-21(20)34-27(33)32-24/h1-14H. The van der Waals surface area contributed by atoms with Gasteiger partial charge in [-0.3, -0.25) is 0 Å². The minimum absolute atomic E-state index is 0.239. The average molecular weight is 448 g/mol. The molecule has 0 spiro atoms. The molecule has 0 bridgehead atoms. The zero-order chi connectivity index (χ0) is 22.8. The van der Waals surface area contributed by atoms with E-state index < -0.39 is 11.9 Å². The van der Waals surface area contributed by atoms with Gasteiger partial charge in [0.05, 0.1) is 11.2 Å². The smallest absolute Gasteiger partial charge is 0.309 e. The molecule has 7 aromatic rings. The Kier molecular flexibility index (Phi) is 3.84. The van der Waals surface area contributed by atoms with Gasteiger partial charge in [0.25, 0.3) is 0 Å². The molecule has 7 rings (SSSR count). The molecular formula is C27H14F2N4O. The summed E-state index contributed by atoms with van der Waals surface area (Å²) in [7, 11) is 0. The predicted octanol–water partition coefficient (Wildman–Crippen LogP) is 6.79. The van der Waals surface area contributed by atoms with Gasteiger partial charge in [0.1, 0.15) is 5.52 Å². The van der Waals surface area contributed by atoms with Gasteiger partial charge >= 0.3 is 5.84 Å². The number of rotatable bonds is 2. The lowest BCUT2D eigenvalue weighted by Gasteiger charge is -2.09. The van der Waals surface area contributed by atoms with E-state index in [1.165, 1.54) is 6.07 Å². The van der Waals surface area contributed by atoms with E-state index in [0.717, 1.165) is 44.7 Å². The molecule has 4 heterocycles. The van der Waals surface area contributed by atoms with Crippen LogP contribution in [-0.2, 0) is 0 Å². The van der Waals surface area contributed by atoms with Crippen LogP contribution >= 0.6 is 0 Å². The van der Waals surface area contributed by atoms with Crippen molar-refractivity contribution in [3.8, 4) is 22.4 Å². The van der Waals surface area contributed by atoms with Gasteiger partial charge in [0.15, 0.2) is 11.2 Å². The Labute approximate surface area is 190 Å². The van der Waals surface area contributed by atoms with Crippen LogP contribution in [0, 0.1) is 11.9 Å². The number of para-hydroxylation sites is 2. The molecule has 34 heavy (non-hydrogen) atoms. The highest BCUT2D eigenvalue weighted by atomic mass is 19.1. The van der Waals surface area contributed by atoms with Gasteiger partial charge in [-0.1, -0.05) is 60.7 Å². The molecule has 0 aliphatic rings. The Hall–Kier alpha value is -4.65. The van der Waals surface area contributed by atoms with Crippen molar-refractivity contribution in [1.82, 2.24) is 19.4 Å². The number of oxazole rings is 1. The van der Waals surface area contributed by atoms with Crippen LogP contribution in [0.3, 0.4) is 0 Å². The van der Waals surface area contributed by atoms with Crippen LogP contribution in [0.4, 0.5) is 8.78 Å². The fourth-order valence-electron chi connectivity index (χ4n) is 4.51. The van der Waals surface area contributed by atoms with Gasteiger partial charge in [0, 0.05) is 21.9 Å². The molecule has 5 nitrogen and oxygen atoms in total. The molecule has 0 aliphatic carbocycles. The average Bonchev–Trinajstić information content (AvgIpc) is 3.40. The minimum atomic E-state index is -0.847. The first-order valence-electron chi connectivity index (χ1n) is 10.7. The fourth-order valence-corrected chi connectivity index (χ4v) is 4.51. The zero-order valence-electron chi connectivity index (χ0n) is 17.5. The summed E-state index contributed by atoms with van der Waals surface area (Å²) < 4.78 is 35.3. The SMILES string of the molecule is Fc1ccc(-c2ccc(-c3nc4c(nc5oc6ccccc6n54)c4ccccc34)cc2)c(F)n1. The zero-order valence-corrected chi connectivity index (χ0v) is 17.5. The summed E-state index contributed by atoms with van der Waals surface area (Å²) in [5, 5.41) is 1.91. The summed E-state index contributed by atoms with van der Waals surface area (Å²) in [6.07, 6.45) is 0. The maximum Gasteiger partial charge on any atom is 0.309 e. The third kappa shape index (κ3) is 2.67. The molecular weight excluding hydrogens is 434 g/mol. The third-order valence-corrected chi connectivity index (χ3v) is 6.07. The van der Waals surface area contributed by atoms with Crippen molar-refractivity contribution in [2.75, 3.05) is 0 Å². The van der Waals surface area contributed by atoms with E-state index in [-0.39, 0.29) is 5.56 Å².